The van der Waals surface area contributed by atoms with Gasteiger partial charge in [0, 0.05) is 12.4 Å². The zero-order valence-electron chi connectivity index (χ0n) is 13.6. The maximum Gasteiger partial charge on any atom is 0.341 e. The van der Waals surface area contributed by atoms with Gasteiger partial charge in [-0.25, -0.2) is 4.79 Å². The number of carbonyl (C=O) groups is 2. The van der Waals surface area contributed by atoms with E-state index in [2.05, 4.69) is 15.3 Å². The van der Waals surface area contributed by atoms with E-state index < -0.39 is 18.0 Å². The van der Waals surface area contributed by atoms with Gasteiger partial charge < -0.3 is 10.1 Å². The number of hydrogen-bond acceptors (Lipinski definition) is 5. The van der Waals surface area contributed by atoms with Gasteiger partial charge in [0.1, 0.15) is 5.52 Å². The van der Waals surface area contributed by atoms with E-state index in [1.54, 1.807) is 36.4 Å². The first-order valence-electron chi connectivity index (χ1n) is 7.63. The minimum atomic E-state index is -1.05. The van der Waals surface area contributed by atoms with Crippen molar-refractivity contribution in [2.75, 3.05) is 5.32 Å². The lowest BCUT2D eigenvalue weighted by atomic mass is 10.2. The number of carbonyl (C=O) groups excluding carboxylic acids is 2. The van der Waals surface area contributed by atoms with E-state index in [0.717, 1.165) is 0 Å². The standard InChI is InChI=1S/C18H13Cl2N3O3/c1-10(17(24)23-13-6-3-5-12(19)15(13)20)26-18(25)11-4-2-7-14-16(11)22-9-8-21-14/h2-10H,1H3,(H,23,24). The topological polar surface area (TPSA) is 81.2 Å². The number of amides is 1. The second-order valence-corrected chi connectivity index (χ2v) is 6.15. The first kappa shape index (κ1) is 18.1. The normalized spacial score (nSPS) is 11.8. The van der Waals surface area contributed by atoms with Crippen LogP contribution in [0.15, 0.2) is 48.8 Å². The van der Waals surface area contributed by atoms with Crippen molar-refractivity contribution in [1.29, 1.82) is 0 Å². The molecule has 1 aromatic heterocycles. The molecule has 0 saturated heterocycles. The van der Waals surface area contributed by atoms with Crippen LogP contribution in [0.4, 0.5) is 5.69 Å². The number of esters is 1. The summed E-state index contributed by atoms with van der Waals surface area (Å²) in [6, 6.07) is 9.82. The molecule has 8 heteroatoms. The smallest absolute Gasteiger partial charge is 0.341 e. The third-order valence-corrected chi connectivity index (χ3v) is 4.40. The lowest BCUT2D eigenvalue weighted by molar-refractivity contribution is -0.123. The number of nitrogens with zero attached hydrogens (tertiary/aromatic N) is 2. The molecule has 0 saturated carbocycles. The molecule has 0 fully saturated rings. The van der Waals surface area contributed by atoms with Crippen LogP contribution in [0.3, 0.4) is 0 Å². The van der Waals surface area contributed by atoms with E-state index in [1.807, 2.05) is 0 Å². The summed E-state index contributed by atoms with van der Waals surface area (Å²) in [5.41, 5.74) is 1.54. The summed E-state index contributed by atoms with van der Waals surface area (Å²) in [4.78, 5) is 33.0. The summed E-state index contributed by atoms with van der Waals surface area (Å²) in [5, 5.41) is 3.11. The summed E-state index contributed by atoms with van der Waals surface area (Å²) < 4.78 is 5.25. The van der Waals surface area contributed by atoms with Crippen molar-refractivity contribution in [2.24, 2.45) is 0 Å². The van der Waals surface area contributed by atoms with Crippen LogP contribution < -0.4 is 5.32 Å². The van der Waals surface area contributed by atoms with Gasteiger partial charge in [0.25, 0.3) is 5.91 Å². The van der Waals surface area contributed by atoms with Gasteiger partial charge in [-0.05, 0) is 31.2 Å². The fraction of sp³-hybridized carbons (Fsp3) is 0.111. The third kappa shape index (κ3) is 3.76. The predicted molar refractivity (Wildman–Crippen MR) is 99.5 cm³/mol. The molecule has 3 aromatic rings. The first-order chi connectivity index (χ1) is 12.5. The highest BCUT2D eigenvalue weighted by atomic mass is 35.5. The highest BCUT2D eigenvalue weighted by molar-refractivity contribution is 6.44. The molecule has 1 amide bonds. The molecule has 3 rings (SSSR count). The van der Waals surface area contributed by atoms with Crippen molar-refractivity contribution in [3.63, 3.8) is 0 Å². The molecule has 1 N–H and O–H groups in total. The Morgan fingerprint density at radius 2 is 1.81 bits per heavy atom. The molecule has 1 unspecified atom stereocenters. The highest BCUT2D eigenvalue weighted by Gasteiger charge is 2.21. The lowest BCUT2D eigenvalue weighted by Crippen LogP contribution is -2.30. The molecule has 26 heavy (non-hydrogen) atoms. The molecule has 132 valence electrons. The van der Waals surface area contributed by atoms with Gasteiger partial charge >= 0.3 is 5.97 Å². The summed E-state index contributed by atoms with van der Waals surface area (Å²) in [5.74, 6) is -1.20. The number of anilines is 1. The zero-order valence-corrected chi connectivity index (χ0v) is 15.1. The molecule has 2 aromatic carbocycles. The summed E-state index contributed by atoms with van der Waals surface area (Å²) in [6.45, 7) is 1.46. The van der Waals surface area contributed by atoms with Gasteiger partial charge in [0.2, 0.25) is 0 Å². The van der Waals surface area contributed by atoms with Crippen LogP contribution in [0.1, 0.15) is 17.3 Å². The van der Waals surface area contributed by atoms with E-state index in [-0.39, 0.29) is 10.6 Å². The molecule has 0 radical (unpaired) electrons. The molecule has 6 nitrogen and oxygen atoms in total. The number of ether oxygens (including phenoxy) is 1. The Balaban J connectivity index is 1.74. The van der Waals surface area contributed by atoms with Crippen molar-refractivity contribution in [3.05, 3.63) is 64.4 Å². The predicted octanol–water partition coefficient (Wildman–Crippen LogP) is 4.12. The molecular formula is C18H13Cl2N3O3. The Morgan fingerprint density at radius 3 is 2.62 bits per heavy atom. The van der Waals surface area contributed by atoms with Crippen molar-refractivity contribution in [1.82, 2.24) is 9.97 Å². The van der Waals surface area contributed by atoms with Gasteiger partial charge in [-0.1, -0.05) is 35.3 Å². The summed E-state index contributed by atoms with van der Waals surface area (Å²) >= 11 is 12.0. The minimum absolute atomic E-state index is 0.213. The zero-order chi connectivity index (χ0) is 18.7. The van der Waals surface area contributed by atoms with E-state index in [4.69, 9.17) is 27.9 Å². The molecule has 0 bridgehead atoms. The molecule has 1 heterocycles. The second-order valence-electron chi connectivity index (χ2n) is 5.37. The lowest BCUT2D eigenvalue weighted by Gasteiger charge is -2.15. The Bertz CT molecular complexity index is 989. The monoisotopic (exact) mass is 389 g/mol. The Hall–Kier alpha value is -2.70. The van der Waals surface area contributed by atoms with Gasteiger partial charge in [-0.3, -0.25) is 14.8 Å². The summed E-state index contributed by atoms with van der Waals surface area (Å²) in [6.07, 6.45) is 1.96. The molecule has 1 atom stereocenters. The first-order valence-corrected chi connectivity index (χ1v) is 8.38. The van der Waals surface area contributed by atoms with Crippen molar-refractivity contribution < 1.29 is 14.3 Å². The average molecular weight is 390 g/mol. The van der Waals surface area contributed by atoms with Crippen molar-refractivity contribution in [3.8, 4) is 0 Å². The van der Waals surface area contributed by atoms with Gasteiger partial charge in [-0.2, -0.15) is 0 Å². The number of hydrogen-bond donors (Lipinski definition) is 1. The minimum Gasteiger partial charge on any atom is -0.449 e. The van der Waals surface area contributed by atoms with Gasteiger partial charge in [-0.15, -0.1) is 0 Å². The maximum absolute atomic E-state index is 12.4. The third-order valence-electron chi connectivity index (χ3n) is 3.58. The summed E-state index contributed by atoms with van der Waals surface area (Å²) in [7, 11) is 0. The van der Waals surface area contributed by atoms with Crippen LogP contribution in [-0.4, -0.2) is 27.9 Å². The number of rotatable bonds is 4. The fourth-order valence-electron chi connectivity index (χ4n) is 2.27. The van der Waals surface area contributed by atoms with E-state index in [1.165, 1.54) is 19.3 Å². The van der Waals surface area contributed by atoms with Crippen LogP contribution in [-0.2, 0) is 9.53 Å². The average Bonchev–Trinajstić information content (AvgIpc) is 2.64. The van der Waals surface area contributed by atoms with Crippen LogP contribution >= 0.6 is 23.2 Å². The van der Waals surface area contributed by atoms with Crippen LogP contribution in [0.2, 0.25) is 10.0 Å². The Labute approximate surface area is 159 Å². The van der Waals surface area contributed by atoms with Crippen LogP contribution in [0.25, 0.3) is 11.0 Å². The molecule has 0 spiro atoms. The second kappa shape index (κ2) is 7.68. The van der Waals surface area contributed by atoms with Gasteiger partial charge in [0.15, 0.2) is 6.10 Å². The quantitative estimate of drug-likeness (QED) is 0.678. The number of benzene rings is 2. The van der Waals surface area contributed by atoms with Crippen LogP contribution in [0, 0.1) is 0 Å². The number of fused-ring (bicyclic) bond motifs is 1. The number of nitrogens with one attached hydrogen (secondary N) is 1. The fourth-order valence-corrected chi connectivity index (χ4v) is 2.62. The highest BCUT2D eigenvalue weighted by Crippen LogP contribution is 2.29. The van der Waals surface area contributed by atoms with Crippen molar-refractivity contribution in [2.45, 2.75) is 13.0 Å². The van der Waals surface area contributed by atoms with Crippen molar-refractivity contribution >= 4 is 51.8 Å². The molecule has 0 aliphatic rings. The SMILES string of the molecule is CC(OC(=O)c1cccc2nccnc12)C(=O)Nc1cccc(Cl)c1Cl. The van der Waals surface area contributed by atoms with Crippen LogP contribution in [0.5, 0.6) is 0 Å². The van der Waals surface area contributed by atoms with E-state index in [0.29, 0.717) is 21.7 Å². The molecule has 0 aliphatic carbocycles. The Morgan fingerprint density at radius 1 is 1.08 bits per heavy atom. The largest absolute Gasteiger partial charge is 0.449 e. The molecule has 0 aliphatic heterocycles. The molecular weight excluding hydrogens is 377 g/mol. The number of para-hydroxylation sites is 1. The van der Waals surface area contributed by atoms with E-state index in [9.17, 15) is 9.59 Å². The Kier molecular flexibility index (Phi) is 5.35. The number of halogens is 2. The van der Waals surface area contributed by atoms with E-state index >= 15 is 0 Å². The number of aromatic nitrogens is 2. The van der Waals surface area contributed by atoms with Gasteiger partial charge in [0.05, 0.1) is 26.8 Å². The maximum atomic E-state index is 12.4.